The summed E-state index contributed by atoms with van der Waals surface area (Å²) >= 11 is 0. The van der Waals surface area contributed by atoms with Crippen LogP contribution in [0.15, 0.2) is 24.4 Å². The molecule has 0 aliphatic carbocycles. The molecule has 0 N–H and O–H groups in total. The molecule has 14 heavy (non-hydrogen) atoms. The molecule has 1 aromatic heterocycles. The summed E-state index contributed by atoms with van der Waals surface area (Å²) in [4.78, 5) is 16.7. The second kappa shape index (κ2) is 2.99. The van der Waals surface area contributed by atoms with Gasteiger partial charge in [0.2, 0.25) is 0 Å². The minimum atomic E-state index is -0.841. The summed E-state index contributed by atoms with van der Waals surface area (Å²) in [6, 6.07) is 3.96. The van der Waals surface area contributed by atoms with E-state index in [4.69, 9.17) is 0 Å². The average Bonchev–Trinajstić information content (AvgIpc) is 2.16. The molecule has 0 spiro atoms. The molecular formula is C8H4FN3O2. The van der Waals surface area contributed by atoms with Gasteiger partial charge in [0.25, 0.3) is 5.69 Å². The van der Waals surface area contributed by atoms with Crippen molar-refractivity contribution in [3.05, 3.63) is 40.6 Å². The van der Waals surface area contributed by atoms with E-state index in [0.717, 1.165) is 0 Å². The van der Waals surface area contributed by atoms with Crippen LogP contribution in [-0.2, 0) is 0 Å². The number of fused-ring (bicyclic) bond motifs is 1. The number of nitro groups is 1. The Balaban J connectivity index is 2.67. The van der Waals surface area contributed by atoms with Gasteiger partial charge in [-0.3, -0.25) is 10.1 Å². The van der Waals surface area contributed by atoms with Gasteiger partial charge in [-0.05, 0) is 6.07 Å². The van der Waals surface area contributed by atoms with Crippen molar-refractivity contribution in [1.82, 2.24) is 9.97 Å². The molecule has 70 valence electrons. The van der Waals surface area contributed by atoms with Crippen molar-refractivity contribution in [2.24, 2.45) is 0 Å². The Morgan fingerprint density at radius 2 is 2.21 bits per heavy atom. The van der Waals surface area contributed by atoms with Crippen LogP contribution in [0.2, 0.25) is 0 Å². The normalized spacial score (nSPS) is 10.4. The maximum atomic E-state index is 12.5. The molecule has 1 heterocycles. The van der Waals surface area contributed by atoms with E-state index in [1.807, 2.05) is 0 Å². The molecule has 0 saturated carbocycles. The first-order valence-electron chi connectivity index (χ1n) is 3.73. The van der Waals surface area contributed by atoms with Crippen molar-refractivity contribution in [2.45, 2.75) is 0 Å². The van der Waals surface area contributed by atoms with Gasteiger partial charge in [0.05, 0.1) is 10.4 Å². The molecular weight excluding hydrogens is 189 g/mol. The van der Waals surface area contributed by atoms with Crippen LogP contribution in [0.5, 0.6) is 0 Å². The van der Waals surface area contributed by atoms with Gasteiger partial charge in [0.1, 0.15) is 0 Å². The van der Waals surface area contributed by atoms with Crippen LogP contribution in [0.25, 0.3) is 10.9 Å². The number of nitrogens with zero attached hydrogens (tertiary/aromatic N) is 3. The number of hydrogen-bond donors (Lipinski definition) is 0. The Bertz CT molecular complexity index is 515. The van der Waals surface area contributed by atoms with Crippen LogP contribution in [0, 0.1) is 16.2 Å². The molecule has 5 nitrogen and oxygen atoms in total. The summed E-state index contributed by atoms with van der Waals surface area (Å²) in [5.41, 5.74) is 0.288. The molecule has 0 bridgehead atoms. The standard InChI is InChI=1S/C8H4FN3O2/c9-8-10-4-5-3-6(12(13)14)1-2-7(5)11-8/h1-4H. The van der Waals surface area contributed by atoms with Gasteiger partial charge in [-0.25, -0.2) is 9.97 Å². The van der Waals surface area contributed by atoms with Crippen LogP contribution < -0.4 is 0 Å². The topological polar surface area (TPSA) is 68.9 Å². The van der Waals surface area contributed by atoms with E-state index >= 15 is 0 Å². The lowest BCUT2D eigenvalue weighted by Crippen LogP contribution is -1.91. The van der Waals surface area contributed by atoms with Crippen molar-refractivity contribution < 1.29 is 9.31 Å². The van der Waals surface area contributed by atoms with Crippen molar-refractivity contribution in [2.75, 3.05) is 0 Å². The molecule has 0 unspecified atom stereocenters. The highest BCUT2D eigenvalue weighted by molar-refractivity contribution is 5.79. The third-order valence-corrected chi connectivity index (χ3v) is 1.74. The molecule has 0 fully saturated rings. The Morgan fingerprint density at radius 1 is 1.43 bits per heavy atom. The van der Waals surface area contributed by atoms with E-state index in [1.54, 1.807) is 0 Å². The maximum Gasteiger partial charge on any atom is 0.309 e. The number of non-ortho nitro benzene ring substituents is 1. The number of aromatic nitrogens is 2. The molecule has 2 rings (SSSR count). The van der Waals surface area contributed by atoms with E-state index in [2.05, 4.69) is 9.97 Å². The predicted octanol–water partition coefficient (Wildman–Crippen LogP) is 1.68. The van der Waals surface area contributed by atoms with Gasteiger partial charge in [0, 0.05) is 23.7 Å². The van der Waals surface area contributed by atoms with Crippen molar-refractivity contribution >= 4 is 16.6 Å². The molecule has 0 aliphatic heterocycles. The van der Waals surface area contributed by atoms with E-state index in [-0.39, 0.29) is 5.69 Å². The number of halogens is 1. The summed E-state index contributed by atoms with van der Waals surface area (Å²) in [6.07, 6.45) is 0.372. The number of rotatable bonds is 1. The summed E-state index contributed by atoms with van der Waals surface area (Å²) in [6.45, 7) is 0. The first kappa shape index (κ1) is 8.49. The highest BCUT2D eigenvalue weighted by atomic mass is 19.1. The zero-order valence-corrected chi connectivity index (χ0v) is 6.85. The van der Waals surface area contributed by atoms with Crippen molar-refractivity contribution in [3.63, 3.8) is 0 Å². The summed E-state index contributed by atoms with van der Waals surface area (Å²) in [5, 5.41) is 10.8. The SMILES string of the molecule is O=[N+]([O-])c1ccc2nc(F)ncc2c1. The van der Waals surface area contributed by atoms with Crippen LogP contribution in [-0.4, -0.2) is 14.9 Å². The maximum absolute atomic E-state index is 12.5. The Kier molecular flexibility index (Phi) is 1.81. The Morgan fingerprint density at radius 3 is 2.93 bits per heavy atom. The summed E-state index contributed by atoms with van der Waals surface area (Å²) in [5.74, 6) is 0. The van der Waals surface area contributed by atoms with Gasteiger partial charge in [-0.2, -0.15) is 4.39 Å². The highest BCUT2D eigenvalue weighted by Gasteiger charge is 2.07. The van der Waals surface area contributed by atoms with E-state index in [1.165, 1.54) is 24.4 Å². The molecule has 0 aliphatic rings. The summed E-state index contributed by atoms with van der Waals surface area (Å²) in [7, 11) is 0. The van der Waals surface area contributed by atoms with E-state index < -0.39 is 11.0 Å². The van der Waals surface area contributed by atoms with Crippen LogP contribution in [0.1, 0.15) is 0 Å². The lowest BCUT2D eigenvalue weighted by atomic mass is 10.2. The van der Waals surface area contributed by atoms with Gasteiger partial charge in [-0.15, -0.1) is 0 Å². The molecule has 0 radical (unpaired) electrons. The Hall–Kier alpha value is -2.11. The molecule has 6 heteroatoms. The monoisotopic (exact) mass is 193 g/mol. The quantitative estimate of drug-likeness (QED) is 0.392. The lowest BCUT2D eigenvalue weighted by Gasteiger charge is -1.95. The molecule has 2 aromatic rings. The number of hydrogen-bond acceptors (Lipinski definition) is 4. The molecule has 0 amide bonds. The van der Waals surface area contributed by atoms with Gasteiger partial charge in [0.15, 0.2) is 0 Å². The van der Waals surface area contributed by atoms with Crippen LogP contribution in [0.3, 0.4) is 0 Å². The zero-order valence-electron chi connectivity index (χ0n) is 6.85. The average molecular weight is 193 g/mol. The van der Waals surface area contributed by atoms with E-state index in [9.17, 15) is 14.5 Å². The summed E-state index contributed by atoms with van der Waals surface area (Å²) < 4.78 is 12.5. The largest absolute Gasteiger partial charge is 0.309 e. The van der Waals surface area contributed by atoms with Gasteiger partial charge < -0.3 is 0 Å². The molecule has 1 aromatic carbocycles. The van der Waals surface area contributed by atoms with Gasteiger partial charge in [-0.1, -0.05) is 0 Å². The minimum absolute atomic E-state index is 0.0623. The zero-order chi connectivity index (χ0) is 10.1. The van der Waals surface area contributed by atoms with Crippen molar-refractivity contribution in [1.29, 1.82) is 0 Å². The smallest absolute Gasteiger partial charge is 0.258 e. The second-order valence-corrected chi connectivity index (χ2v) is 2.64. The highest BCUT2D eigenvalue weighted by Crippen LogP contribution is 2.18. The third-order valence-electron chi connectivity index (χ3n) is 1.74. The van der Waals surface area contributed by atoms with E-state index in [0.29, 0.717) is 10.9 Å². The Labute approximate surface area is 77.4 Å². The molecule has 0 saturated heterocycles. The van der Waals surface area contributed by atoms with Gasteiger partial charge >= 0.3 is 6.08 Å². The van der Waals surface area contributed by atoms with Crippen LogP contribution in [0.4, 0.5) is 10.1 Å². The number of nitro benzene ring substituents is 1. The minimum Gasteiger partial charge on any atom is -0.258 e. The number of benzene rings is 1. The fourth-order valence-electron chi connectivity index (χ4n) is 1.11. The first-order valence-corrected chi connectivity index (χ1v) is 3.73. The first-order chi connectivity index (χ1) is 6.66. The predicted molar refractivity (Wildman–Crippen MR) is 46.2 cm³/mol. The fraction of sp³-hybridized carbons (Fsp3) is 0. The molecule has 0 atom stereocenters. The lowest BCUT2D eigenvalue weighted by molar-refractivity contribution is -0.384. The van der Waals surface area contributed by atoms with Crippen molar-refractivity contribution in [3.8, 4) is 0 Å². The fourth-order valence-corrected chi connectivity index (χ4v) is 1.11. The van der Waals surface area contributed by atoms with Crippen LogP contribution >= 0.6 is 0 Å². The third kappa shape index (κ3) is 1.37. The second-order valence-electron chi connectivity index (χ2n) is 2.64.